The molecule has 22 heavy (non-hydrogen) atoms. The third-order valence-electron chi connectivity index (χ3n) is 4.83. The maximum Gasteiger partial charge on any atom is 0.222 e. The summed E-state index contributed by atoms with van der Waals surface area (Å²) < 4.78 is 0. The van der Waals surface area contributed by atoms with Gasteiger partial charge in [-0.05, 0) is 50.4 Å². The molecule has 3 rings (SSSR count). The molecule has 5 heteroatoms. The average Bonchev–Trinajstić information content (AvgIpc) is 2.61. The number of aromatic nitrogens is 1. The molecule has 3 heterocycles. The maximum atomic E-state index is 12.4. The number of hydrogen-bond donors (Lipinski definition) is 1. The van der Waals surface area contributed by atoms with E-state index in [2.05, 4.69) is 15.2 Å². The first-order valence-corrected chi connectivity index (χ1v) is 8.47. The van der Waals surface area contributed by atoms with Gasteiger partial charge in [0, 0.05) is 38.8 Å². The van der Waals surface area contributed by atoms with Gasteiger partial charge in [-0.1, -0.05) is 6.07 Å². The van der Waals surface area contributed by atoms with Crippen molar-refractivity contribution in [2.24, 2.45) is 5.92 Å². The van der Waals surface area contributed by atoms with Gasteiger partial charge >= 0.3 is 0 Å². The van der Waals surface area contributed by atoms with Crippen LogP contribution >= 0.6 is 0 Å². The van der Waals surface area contributed by atoms with Crippen LogP contribution < -0.4 is 10.2 Å². The average molecular weight is 302 g/mol. The SMILES string of the molecule is O=C(CCC1CCNCC1)N1CCN(c2ccccn2)CC1. The third kappa shape index (κ3) is 3.97. The summed E-state index contributed by atoms with van der Waals surface area (Å²) in [6.07, 6.45) is 6.04. The van der Waals surface area contributed by atoms with Crippen molar-refractivity contribution >= 4 is 11.7 Å². The number of carbonyl (C=O) groups excluding carboxylic acids is 1. The number of hydrogen-bond acceptors (Lipinski definition) is 4. The molecule has 120 valence electrons. The molecule has 1 aromatic rings. The van der Waals surface area contributed by atoms with E-state index in [4.69, 9.17) is 0 Å². The van der Waals surface area contributed by atoms with Gasteiger partial charge in [-0.2, -0.15) is 0 Å². The van der Waals surface area contributed by atoms with E-state index < -0.39 is 0 Å². The Labute approximate surface area is 132 Å². The monoisotopic (exact) mass is 302 g/mol. The molecule has 2 aliphatic rings. The van der Waals surface area contributed by atoms with E-state index >= 15 is 0 Å². The summed E-state index contributed by atoms with van der Waals surface area (Å²) in [4.78, 5) is 21.0. The van der Waals surface area contributed by atoms with Crippen molar-refractivity contribution in [3.63, 3.8) is 0 Å². The second kappa shape index (κ2) is 7.58. The molecule has 5 nitrogen and oxygen atoms in total. The van der Waals surface area contributed by atoms with Crippen LogP contribution in [-0.2, 0) is 4.79 Å². The summed E-state index contributed by atoms with van der Waals surface area (Å²) >= 11 is 0. The number of carbonyl (C=O) groups is 1. The Balaban J connectivity index is 1.41. The number of piperidine rings is 1. The van der Waals surface area contributed by atoms with Crippen LogP contribution in [0.4, 0.5) is 5.82 Å². The second-order valence-electron chi connectivity index (χ2n) is 6.29. The van der Waals surface area contributed by atoms with Crippen LogP contribution in [0.2, 0.25) is 0 Å². The Morgan fingerprint density at radius 3 is 2.64 bits per heavy atom. The van der Waals surface area contributed by atoms with Gasteiger partial charge in [-0.15, -0.1) is 0 Å². The molecule has 0 aromatic carbocycles. The van der Waals surface area contributed by atoms with Crippen molar-refractivity contribution in [2.45, 2.75) is 25.7 Å². The standard InChI is InChI=1S/C17H26N4O/c22-17(5-4-15-6-9-18-10-7-15)21-13-11-20(12-14-21)16-3-1-2-8-19-16/h1-3,8,15,18H,4-7,9-14H2. The van der Waals surface area contributed by atoms with Gasteiger partial charge in [-0.3, -0.25) is 4.79 Å². The number of nitrogens with one attached hydrogen (secondary N) is 1. The van der Waals surface area contributed by atoms with Crippen molar-refractivity contribution in [3.8, 4) is 0 Å². The molecule has 2 saturated heterocycles. The first kappa shape index (κ1) is 15.3. The zero-order valence-electron chi connectivity index (χ0n) is 13.2. The Morgan fingerprint density at radius 2 is 1.95 bits per heavy atom. The summed E-state index contributed by atoms with van der Waals surface area (Å²) in [5.41, 5.74) is 0. The molecule has 0 spiro atoms. The summed E-state index contributed by atoms with van der Waals surface area (Å²) in [6.45, 7) is 5.64. The van der Waals surface area contributed by atoms with Crippen LogP contribution in [0.15, 0.2) is 24.4 Å². The first-order chi connectivity index (χ1) is 10.8. The van der Waals surface area contributed by atoms with Gasteiger partial charge in [0.1, 0.15) is 5.82 Å². The molecule has 2 aliphatic heterocycles. The lowest BCUT2D eigenvalue weighted by Gasteiger charge is -2.35. The molecule has 2 fully saturated rings. The molecule has 1 N–H and O–H groups in total. The number of amides is 1. The number of anilines is 1. The molecule has 0 atom stereocenters. The minimum Gasteiger partial charge on any atom is -0.353 e. The first-order valence-electron chi connectivity index (χ1n) is 8.47. The topological polar surface area (TPSA) is 48.5 Å². The highest BCUT2D eigenvalue weighted by molar-refractivity contribution is 5.76. The number of rotatable bonds is 4. The van der Waals surface area contributed by atoms with Gasteiger partial charge in [0.05, 0.1) is 0 Å². The van der Waals surface area contributed by atoms with E-state index in [1.807, 2.05) is 29.3 Å². The fraction of sp³-hybridized carbons (Fsp3) is 0.647. The predicted octanol–water partition coefficient (Wildman–Crippen LogP) is 1.51. The minimum atomic E-state index is 0.333. The van der Waals surface area contributed by atoms with Gasteiger partial charge < -0.3 is 15.1 Å². The Morgan fingerprint density at radius 1 is 1.18 bits per heavy atom. The van der Waals surface area contributed by atoms with E-state index in [9.17, 15) is 4.79 Å². The quantitative estimate of drug-likeness (QED) is 0.916. The van der Waals surface area contributed by atoms with Crippen molar-refractivity contribution in [1.29, 1.82) is 0 Å². The van der Waals surface area contributed by atoms with Crippen LogP contribution in [0, 0.1) is 5.92 Å². The van der Waals surface area contributed by atoms with Crippen LogP contribution in [0.3, 0.4) is 0 Å². The Bertz CT molecular complexity index is 465. The number of piperazine rings is 1. The van der Waals surface area contributed by atoms with Crippen LogP contribution in [-0.4, -0.2) is 55.1 Å². The summed E-state index contributed by atoms with van der Waals surface area (Å²) in [5, 5.41) is 3.38. The fourth-order valence-electron chi connectivity index (χ4n) is 3.38. The lowest BCUT2D eigenvalue weighted by molar-refractivity contribution is -0.131. The van der Waals surface area contributed by atoms with Crippen LogP contribution in [0.25, 0.3) is 0 Å². The molecular formula is C17H26N4O. The lowest BCUT2D eigenvalue weighted by atomic mass is 9.93. The fourth-order valence-corrected chi connectivity index (χ4v) is 3.38. The van der Waals surface area contributed by atoms with E-state index in [0.717, 1.165) is 57.4 Å². The highest BCUT2D eigenvalue weighted by atomic mass is 16.2. The molecule has 0 saturated carbocycles. The van der Waals surface area contributed by atoms with Gasteiger partial charge in [0.2, 0.25) is 5.91 Å². The maximum absolute atomic E-state index is 12.4. The van der Waals surface area contributed by atoms with E-state index in [1.165, 1.54) is 12.8 Å². The minimum absolute atomic E-state index is 0.333. The van der Waals surface area contributed by atoms with Crippen molar-refractivity contribution < 1.29 is 4.79 Å². The normalized spacial score (nSPS) is 20.2. The molecule has 0 unspecified atom stereocenters. The van der Waals surface area contributed by atoms with Gasteiger partial charge in [0.15, 0.2) is 0 Å². The highest BCUT2D eigenvalue weighted by Crippen LogP contribution is 2.19. The number of pyridine rings is 1. The summed E-state index contributed by atoms with van der Waals surface area (Å²) in [6, 6.07) is 5.98. The predicted molar refractivity (Wildman–Crippen MR) is 87.9 cm³/mol. The van der Waals surface area contributed by atoms with E-state index in [-0.39, 0.29) is 0 Å². The summed E-state index contributed by atoms with van der Waals surface area (Å²) in [7, 11) is 0. The second-order valence-corrected chi connectivity index (χ2v) is 6.29. The van der Waals surface area contributed by atoms with E-state index in [1.54, 1.807) is 0 Å². The smallest absolute Gasteiger partial charge is 0.222 e. The van der Waals surface area contributed by atoms with Crippen molar-refractivity contribution in [3.05, 3.63) is 24.4 Å². The summed E-state index contributed by atoms with van der Waals surface area (Å²) in [5.74, 6) is 2.09. The molecule has 0 bridgehead atoms. The lowest BCUT2D eigenvalue weighted by Crippen LogP contribution is -2.49. The zero-order valence-corrected chi connectivity index (χ0v) is 13.2. The Hall–Kier alpha value is -1.62. The third-order valence-corrected chi connectivity index (χ3v) is 4.83. The largest absolute Gasteiger partial charge is 0.353 e. The van der Waals surface area contributed by atoms with E-state index in [0.29, 0.717) is 12.3 Å². The van der Waals surface area contributed by atoms with Crippen LogP contribution in [0.5, 0.6) is 0 Å². The molecular weight excluding hydrogens is 276 g/mol. The molecule has 1 aromatic heterocycles. The van der Waals surface area contributed by atoms with Crippen molar-refractivity contribution in [2.75, 3.05) is 44.2 Å². The number of nitrogens with zero attached hydrogens (tertiary/aromatic N) is 3. The highest BCUT2D eigenvalue weighted by Gasteiger charge is 2.22. The Kier molecular flexibility index (Phi) is 5.27. The van der Waals surface area contributed by atoms with Crippen LogP contribution in [0.1, 0.15) is 25.7 Å². The zero-order chi connectivity index (χ0) is 15.2. The van der Waals surface area contributed by atoms with Crippen molar-refractivity contribution in [1.82, 2.24) is 15.2 Å². The molecule has 0 aliphatic carbocycles. The van der Waals surface area contributed by atoms with Gasteiger partial charge in [0.25, 0.3) is 0 Å². The molecule has 0 radical (unpaired) electrons. The molecule has 1 amide bonds. The van der Waals surface area contributed by atoms with Gasteiger partial charge in [-0.25, -0.2) is 4.98 Å².